The van der Waals surface area contributed by atoms with Crippen molar-refractivity contribution >= 4 is 0 Å². The molecule has 1 atom stereocenters. The van der Waals surface area contributed by atoms with Crippen LogP contribution in [0.1, 0.15) is 82.8 Å². The van der Waals surface area contributed by atoms with Gasteiger partial charge in [0.25, 0.3) is 0 Å². The quantitative estimate of drug-likeness (QED) is 0.351. The van der Waals surface area contributed by atoms with Gasteiger partial charge in [-0.15, -0.1) is 0 Å². The highest BCUT2D eigenvalue weighted by Crippen LogP contribution is 2.18. The molecule has 0 saturated heterocycles. The first-order valence-electron chi connectivity index (χ1n) is 10.8. The molecule has 3 heteroatoms. The number of hydrogen-bond donors (Lipinski definition) is 0. The highest BCUT2D eigenvalue weighted by molar-refractivity contribution is 5.55. The van der Waals surface area contributed by atoms with Crippen LogP contribution in [0.2, 0.25) is 0 Å². The molecule has 1 aromatic carbocycles. The van der Waals surface area contributed by atoms with Crippen LogP contribution in [0.15, 0.2) is 36.7 Å². The maximum Gasteiger partial charge on any atom is 0.159 e. The molecule has 2 nitrogen and oxygen atoms in total. The van der Waals surface area contributed by atoms with E-state index in [-0.39, 0.29) is 0 Å². The van der Waals surface area contributed by atoms with Crippen molar-refractivity contribution in [2.75, 3.05) is 0 Å². The molecule has 1 aromatic heterocycles. The van der Waals surface area contributed by atoms with Crippen molar-refractivity contribution in [2.45, 2.75) is 90.6 Å². The van der Waals surface area contributed by atoms with Crippen molar-refractivity contribution in [1.29, 1.82) is 0 Å². The van der Waals surface area contributed by atoms with Gasteiger partial charge in [-0.25, -0.2) is 14.4 Å². The summed E-state index contributed by atoms with van der Waals surface area (Å²) in [6.45, 7) is 4.15. The van der Waals surface area contributed by atoms with Crippen LogP contribution in [0.4, 0.5) is 4.39 Å². The highest BCUT2D eigenvalue weighted by atomic mass is 19.1. The Morgan fingerprint density at radius 3 is 2.04 bits per heavy atom. The van der Waals surface area contributed by atoms with Gasteiger partial charge in [-0.2, -0.15) is 0 Å². The number of aryl methyl sites for hydroxylation is 2. The molecule has 0 saturated carbocycles. The largest absolute Gasteiger partial charge is 0.248 e. The molecule has 0 radical (unpaired) electrons. The first-order chi connectivity index (χ1) is 13.2. The fourth-order valence-corrected chi connectivity index (χ4v) is 3.29. The SMILES string of the molecule is CCCCCCc1cnc(-c2ccc(CCCCCC(F)CC)cc2)nc1. The second-order valence-corrected chi connectivity index (χ2v) is 7.53. The van der Waals surface area contributed by atoms with Gasteiger partial charge in [0, 0.05) is 18.0 Å². The van der Waals surface area contributed by atoms with E-state index in [0.29, 0.717) is 12.8 Å². The smallest absolute Gasteiger partial charge is 0.159 e. The van der Waals surface area contributed by atoms with Gasteiger partial charge >= 0.3 is 0 Å². The third-order valence-electron chi connectivity index (χ3n) is 5.16. The van der Waals surface area contributed by atoms with Crippen LogP contribution >= 0.6 is 0 Å². The fourth-order valence-electron chi connectivity index (χ4n) is 3.29. The molecule has 2 rings (SSSR count). The Morgan fingerprint density at radius 1 is 0.778 bits per heavy atom. The average molecular weight is 371 g/mol. The van der Waals surface area contributed by atoms with Crippen molar-refractivity contribution in [2.24, 2.45) is 0 Å². The van der Waals surface area contributed by atoms with Crippen LogP contribution in [0.5, 0.6) is 0 Å². The summed E-state index contributed by atoms with van der Waals surface area (Å²) in [6, 6.07) is 8.56. The Bertz CT molecular complexity index is 622. The molecular weight excluding hydrogens is 335 g/mol. The van der Waals surface area contributed by atoms with Crippen LogP contribution < -0.4 is 0 Å². The molecule has 2 aromatic rings. The van der Waals surface area contributed by atoms with E-state index in [1.165, 1.54) is 36.8 Å². The zero-order chi connectivity index (χ0) is 19.3. The van der Waals surface area contributed by atoms with Crippen molar-refractivity contribution < 1.29 is 4.39 Å². The lowest BCUT2D eigenvalue weighted by molar-refractivity contribution is 0.297. The lowest BCUT2D eigenvalue weighted by atomic mass is 10.0. The van der Waals surface area contributed by atoms with Gasteiger partial charge in [-0.05, 0) is 49.7 Å². The van der Waals surface area contributed by atoms with Gasteiger partial charge in [-0.3, -0.25) is 0 Å². The number of benzene rings is 1. The minimum absolute atomic E-state index is 0.619. The van der Waals surface area contributed by atoms with Crippen LogP contribution in [-0.2, 0) is 12.8 Å². The number of unbranched alkanes of at least 4 members (excludes halogenated alkanes) is 5. The molecule has 0 amide bonds. The Morgan fingerprint density at radius 2 is 1.41 bits per heavy atom. The lowest BCUT2D eigenvalue weighted by Crippen LogP contribution is -1.97. The molecule has 0 aliphatic heterocycles. The third kappa shape index (κ3) is 8.19. The van der Waals surface area contributed by atoms with Gasteiger partial charge < -0.3 is 0 Å². The maximum absolute atomic E-state index is 13.2. The standard InChI is InChI=1S/C24H35FN2/c1-3-5-6-8-12-21-18-26-24(27-19-21)22-16-14-20(15-17-22)11-9-7-10-13-23(25)4-2/h14-19,23H,3-13H2,1-2H3. The van der Waals surface area contributed by atoms with Crippen molar-refractivity contribution in [3.8, 4) is 11.4 Å². The summed E-state index contributed by atoms with van der Waals surface area (Å²) in [6.07, 6.45) is 15.1. The molecule has 1 unspecified atom stereocenters. The van der Waals surface area contributed by atoms with Crippen molar-refractivity contribution in [3.63, 3.8) is 0 Å². The summed E-state index contributed by atoms with van der Waals surface area (Å²) < 4.78 is 13.2. The van der Waals surface area contributed by atoms with Gasteiger partial charge in [0.2, 0.25) is 0 Å². The van der Waals surface area contributed by atoms with E-state index in [0.717, 1.165) is 43.5 Å². The van der Waals surface area contributed by atoms with E-state index in [4.69, 9.17) is 0 Å². The van der Waals surface area contributed by atoms with E-state index >= 15 is 0 Å². The molecular formula is C24H35FN2. The lowest BCUT2D eigenvalue weighted by Gasteiger charge is -2.06. The molecule has 0 N–H and O–H groups in total. The third-order valence-corrected chi connectivity index (χ3v) is 5.16. The Kier molecular flexibility index (Phi) is 10.0. The summed E-state index contributed by atoms with van der Waals surface area (Å²) in [4.78, 5) is 9.08. The zero-order valence-electron chi connectivity index (χ0n) is 17.1. The van der Waals surface area contributed by atoms with E-state index in [1.807, 2.05) is 19.3 Å². The maximum atomic E-state index is 13.2. The summed E-state index contributed by atoms with van der Waals surface area (Å²) in [5, 5.41) is 0. The number of alkyl halides is 1. The topological polar surface area (TPSA) is 25.8 Å². The second-order valence-electron chi connectivity index (χ2n) is 7.53. The van der Waals surface area contributed by atoms with Crippen LogP contribution in [0.25, 0.3) is 11.4 Å². The van der Waals surface area contributed by atoms with E-state index < -0.39 is 6.17 Å². The van der Waals surface area contributed by atoms with Crippen LogP contribution in [0, 0.1) is 0 Å². The molecule has 148 valence electrons. The summed E-state index contributed by atoms with van der Waals surface area (Å²) in [5.74, 6) is 0.799. The van der Waals surface area contributed by atoms with E-state index in [1.54, 1.807) is 0 Å². The fraction of sp³-hybridized carbons (Fsp3) is 0.583. The predicted molar refractivity (Wildman–Crippen MR) is 113 cm³/mol. The molecule has 1 heterocycles. The summed E-state index contributed by atoms with van der Waals surface area (Å²) in [7, 11) is 0. The molecule has 0 bridgehead atoms. The van der Waals surface area contributed by atoms with Gasteiger partial charge in [0.1, 0.15) is 0 Å². The van der Waals surface area contributed by atoms with E-state index in [9.17, 15) is 4.39 Å². The number of nitrogens with zero attached hydrogens (tertiary/aromatic N) is 2. The van der Waals surface area contributed by atoms with Gasteiger partial charge in [-0.1, -0.05) is 70.2 Å². The summed E-state index contributed by atoms with van der Waals surface area (Å²) in [5.41, 5.74) is 3.63. The molecule has 0 fully saturated rings. The zero-order valence-corrected chi connectivity index (χ0v) is 17.1. The van der Waals surface area contributed by atoms with Crippen molar-refractivity contribution in [3.05, 3.63) is 47.8 Å². The van der Waals surface area contributed by atoms with E-state index in [2.05, 4.69) is 41.2 Å². The Balaban J connectivity index is 1.75. The normalized spacial score (nSPS) is 12.3. The molecule has 0 aliphatic carbocycles. The molecule has 0 aliphatic rings. The van der Waals surface area contributed by atoms with Gasteiger partial charge in [0.15, 0.2) is 5.82 Å². The van der Waals surface area contributed by atoms with Crippen molar-refractivity contribution in [1.82, 2.24) is 9.97 Å². The Labute approximate surface area is 164 Å². The number of halogens is 1. The molecule has 0 spiro atoms. The first kappa shape index (κ1) is 21.5. The van der Waals surface area contributed by atoms with Crippen LogP contribution in [0.3, 0.4) is 0 Å². The second kappa shape index (κ2) is 12.6. The minimum atomic E-state index is -0.619. The van der Waals surface area contributed by atoms with Gasteiger partial charge in [0.05, 0.1) is 6.17 Å². The first-order valence-corrected chi connectivity index (χ1v) is 10.8. The number of aromatic nitrogens is 2. The minimum Gasteiger partial charge on any atom is -0.248 e. The Hall–Kier alpha value is -1.77. The molecule has 27 heavy (non-hydrogen) atoms. The monoisotopic (exact) mass is 370 g/mol. The van der Waals surface area contributed by atoms with Crippen LogP contribution in [-0.4, -0.2) is 16.1 Å². The average Bonchev–Trinajstić information content (AvgIpc) is 2.72. The number of hydrogen-bond acceptors (Lipinski definition) is 2. The summed E-state index contributed by atoms with van der Waals surface area (Å²) >= 11 is 0. The predicted octanol–water partition coefficient (Wildman–Crippen LogP) is 7.12. The highest BCUT2D eigenvalue weighted by Gasteiger charge is 2.04. The number of rotatable bonds is 13.